The quantitative estimate of drug-likeness (QED) is 0.518. The SMILES string of the molecule is N#CC1(c2ccc(N3C[C@H](Cn4cc(CI)nn4)OC3=O)cc2)CC1. The molecule has 0 unspecified atom stereocenters. The van der Waals surface area contributed by atoms with Crippen LogP contribution in [0.4, 0.5) is 10.5 Å². The van der Waals surface area contributed by atoms with Crippen LogP contribution in [0.1, 0.15) is 24.1 Å². The van der Waals surface area contributed by atoms with Gasteiger partial charge in [0.05, 0.1) is 30.3 Å². The molecule has 2 aromatic rings. The van der Waals surface area contributed by atoms with Crippen molar-refractivity contribution in [3.63, 3.8) is 0 Å². The van der Waals surface area contributed by atoms with E-state index in [1.807, 2.05) is 30.5 Å². The minimum atomic E-state index is -0.353. The normalized spacial score (nSPS) is 21.0. The van der Waals surface area contributed by atoms with Crippen LogP contribution in [0.2, 0.25) is 0 Å². The highest BCUT2D eigenvalue weighted by molar-refractivity contribution is 14.1. The highest BCUT2D eigenvalue weighted by Gasteiger charge is 2.45. The average Bonchev–Trinajstić information content (AvgIpc) is 3.17. The van der Waals surface area contributed by atoms with Gasteiger partial charge in [-0.05, 0) is 30.5 Å². The predicted octanol–water partition coefficient (Wildman–Crippen LogP) is 2.79. The number of halogens is 1. The first-order chi connectivity index (χ1) is 12.1. The number of amides is 1. The number of carbonyl (C=O) groups excluding carboxylic acids is 1. The van der Waals surface area contributed by atoms with Gasteiger partial charge in [-0.2, -0.15) is 5.26 Å². The Balaban J connectivity index is 1.44. The lowest BCUT2D eigenvalue weighted by molar-refractivity contribution is 0.129. The summed E-state index contributed by atoms with van der Waals surface area (Å²) in [6.07, 6.45) is 3.08. The van der Waals surface area contributed by atoms with Crippen molar-refractivity contribution in [2.75, 3.05) is 11.4 Å². The van der Waals surface area contributed by atoms with E-state index in [-0.39, 0.29) is 17.6 Å². The number of anilines is 1. The summed E-state index contributed by atoms with van der Waals surface area (Å²) in [5.74, 6) is 0. The van der Waals surface area contributed by atoms with E-state index in [1.54, 1.807) is 9.58 Å². The van der Waals surface area contributed by atoms with Crippen molar-refractivity contribution in [1.29, 1.82) is 5.26 Å². The fourth-order valence-electron chi connectivity index (χ4n) is 3.08. The van der Waals surface area contributed by atoms with Crippen LogP contribution in [-0.4, -0.2) is 33.7 Å². The van der Waals surface area contributed by atoms with Crippen LogP contribution in [0.3, 0.4) is 0 Å². The second-order valence-electron chi connectivity index (χ2n) is 6.42. The first kappa shape index (κ1) is 16.3. The van der Waals surface area contributed by atoms with Crippen LogP contribution in [0.15, 0.2) is 30.5 Å². The molecule has 25 heavy (non-hydrogen) atoms. The van der Waals surface area contributed by atoms with Gasteiger partial charge in [-0.15, -0.1) is 5.10 Å². The van der Waals surface area contributed by atoms with E-state index >= 15 is 0 Å². The van der Waals surface area contributed by atoms with E-state index < -0.39 is 0 Å². The Bertz CT molecular complexity index is 837. The lowest BCUT2D eigenvalue weighted by atomic mass is 9.97. The molecule has 8 heteroatoms. The molecule has 1 saturated heterocycles. The predicted molar refractivity (Wildman–Crippen MR) is 98.3 cm³/mol. The third kappa shape index (κ3) is 3.08. The van der Waals surface area contributed by atoms with Gasteiger partial charge in [-0.1, -0.05) is 39.9 Å². The van der Waals surface area contributed by atoms with Crippen molar-refractivity contribution >= 4 is 34.4 Å². The van der Waals surface area contributed by atoms with Gasteiger partial charge in [0, 0.05) is 16.3 Å². The zero-order valence-electron chi connectivity index (χ0n) is 13.4. The molecule has 0 spiro atoms. The minimum Gasteiger partial charge on any atom is -0.442 e. The van der Waals surface area contributed by atoms with Gasteiger partial charge in [0.2, 0.25) is 0 Å². The number of ether oxygens (including phenoxy) is 1. The highest BCUT2D eigenvalue weighted by Crippen LogP contribution is 2.47. The summed E-state index contributed by atoms with van der Waals surface area (Å²) in [7, 11) is 0. The molecule has 0 radical (unpaired) electrons. The van der Waals surface area contributed by atoms with Crippen LogP contribution in [-0.2, 0) is 21.1 Å². The first-order valence-corrected chi connectivity index (χ1v) is 9.61. The Hall–Kier alpha value is -2.15. The third-order valence-electron chi connectivity index (χ3n) is 4.68. The first-order valence-electron chi connectivity index (χ1n) is 8.08. The van der Waals surface area contributed by atoms with Crippen molar-refractivity contribution < 1.29 is 9.53 Å². The molecule has 0 bridgehead atoms. The number of benzene rings is 1. The summed E-state index contributed by atoms with van der Waals surface area (Å²) < 4.78 is 7.96. The van der Waals surface area contributed by atoms with Crippen LogP contribution in [0, 0.1) is 11.3 Å². The van der Waals surface area contributed by atoms with Crippen molar-refractivity contribution in [1.82, 2.24) is 15.0 Å². The molecule has 1 atom stereocenters. The molecule has 7 nitrogen and oxygen atoms in total. The van der Waals surface area contributed by atoms with Gasteiger partial charge < -0.3 is 4.74 Å². The van der Waals surface area contributed by atoms with Crippen LogP contribution >= 0.6 is 22.6 Å². The van der Waals surface area contributed by atoms with Gasteiger partial charge in [0.15, 0.2) is 0 Å². The number of aromatic nitrogens is 3. The Morgan fingerprint density at radius 3 is 2.72 bits per heavy atom. The molecule has 1 amide bonds. The maximum atomic E-state index is 12.2. The Morgan fingerprint density at radius 2 is 2.12 bits per heavy atom. The highest BCUT2D eigenvalue weighted by atomic mass is 127. The molecular weight excluding hydrogens is 433 g/mol. The Morgan fingerprint density at radius 1 is 1.36 bits per heavy atom. The third-order valence-corrected chi connectivity index (χ3v) is 5.46. The summed E-state index contributed by atoms with van der Waals surface area (Å²) in [5.41, 5.74) is 2.41. The maximum Gasteiger partial charge on any atom is 0.414 e. The molecular formula is C17H16IN5O2. The summed E-state index contributed by atoms with van der Waals surface area (Å²) in [6.45, 7) is 0.961. The zero-order chi connectivity index (χ0) is 17.4. The standard InChI is InChI=1S/C17H16IN5O2/c18-7-13-8-22(21-20-13)9-15-10-23(16(24)25-15)14-3-1-12(2-4-14)17(11-19)5-6-17/h1-4,8,15H,5-7,9-10H2/t15-/m0/s1. The molecule has 0 N–H and O–H groups in total. The maximum absolute atomic E-state index is 12.2. The largest absolute Gasteiger partial charge is 0.442 e. The fourth-order valence-corrected chi connectivity index (χ4v) is 3.43. The topological polar surface area (TPSA) is 84.0 Å². The van der Waals surface area contributed by atoms with E-state index in [0.29, 0.717) is 13.1 Å². The fraction of sp³-hybridized carbons (Fsp3) is 0.412. The molecule has 2 aliphatic rings. The molecule has 1 aliphatic heterocycles. The van der Waals surface area contributed by atoms with E-state index in [2.05, 4.69) is 39.0 Å². The lowest BCUT2D eigenvalue weighted by Crippen LogP contribution is -2.26. The van der Waals surface area contributed by atoms with Gasteiger partial charge in [-0.25, -0.2) is 9.48 Å². The Labute approximate surface area is 158 Å². The van der Waals surface area contributed by atoms with Crippen LogP contribution < -0.4 is 4.90 Å². The van der Waals surface area contributed by atoms with E-state index in [9.17, 15) is 10.1 Å². The number of cyclic esters (lactones) is 1. The van der Waals surface area contributed by atoms with Crippen LogP contribution in [0.5, 0.6) is 0 Å². The van der Waals surface area contributed by atoms with Crippen molar-refractivity contribution in [3.05, 3.63) is 41.7 Å². The average molecular weight is 449 g/mol. The van der Waals surface area contributed by atoms with E-state index in [1.165, 1.54) is 0 Å². The van der Waals surface area contributed by atoms with E-state index in [4.69, 9.17) is 4.74 Å². The Kier molecular flexibility index (Phi) is 4.11. The summed E-state index contributed by atoms with van der Waals surface area (Å²) >= 11 is 2.23. The van der Waals surface area contributed by atoms with E-state index in [0.717, 1.165) is 34.2 Å². The molecule has 2 heterocycles. The number of hydrogen-bond acceptors (Lipinski definition) is 5. The molecule has 128 valence electrons. The molecule has 4 rings (SSSR count). The van der Waals surface area contributed by atoms with Gasteiger partial charge in [-0.3, -0.25) is 4.90 Å². The number of rotatable bonds is 5. The molecule has 2 fully saturated rings. The summed E-state index contributed by atoms with van der Waals surface area (Å²) in [5, 5.41) is 17.4. The van der Waals surface area contributed by atoms with Gasteiger partial charge in [0.1, 0.15) is 6.10 Å². The molecule has 1 saturated carbocycles. The second kappa shape index (κ2) is 6.29. The number of carbonyl (C=O) groups is 1. The van der Waals surface area contributed by atoms with Crippen LogP contribution in [0.25, 0.3) is 0 Å². The molecule has 1 aromatic carbocycles. The number of nitriles is 1. The van der Waals surface area contributed by atoms with Gasteiger partial charge >= 0.3 is 6.09 Å². The van der Waals surface area contributed by atoms with Crippen molar-refractivity contribution in [2.45, 2.75) is 35.3 Å². The van der Waals surface area contributed by atoms with Gasteiger partial charge in [0.25, 0.3) is 0 Å². The van der Waals surface area contributed by atoms with Crippen molar-refractivity contribution in [3.8, 4) is 6.07 Å². The monoisotopic (exact) mass is 449 g/mol. The summed E-state index contributed by atoms with van der Waals surface area (Å²) in [6, 6.07) is 10.0. The lowest BCUT2D eigenvalue weighted by Gasteiger charge is -2.14. The zero-order valence-corrected chi connectivity index (χ0v) is 15.6. The second-order valence-corrected chi connectivity index (χ2v) is 7.19. The number of alkyl halides is 1. The minimum absolute atomic E-state index is 0.259. The summed E-state index contributed by atoms with van der Waals surface area (Å²) in [4.78, 5) is 13.8. The van der Waals surface area contributed by atoms with Crippen molar-refractivity contribution in [2.24, 2.45) is 0 Å². The smallest absolute Gasteiger partial charge is 0.414 e. The number of nitrogens with zero attached hydrogens (tertiary/aromatic N) is 5. The number of hydrogen-bond donors (Lipinski definition) is 0. The molecule has 1 aromatic heterocycles. The molecule has 1 aliphatic carbocycles.